The normalized spacial score (nSPS) is 20.5. The number of hydrogen-bond acceptors (Lipinski definition) is 4. The van der Waals surface area contributed by atoms with E-state index in [1.165, 1.54) is 0 Å². The molecule has 1 aromatic carbocycles. The summed E-state index contributed by atoms with van der Waals surface area (Å²) in [4.78, 5) is 18.9. The minimum absolute atomic E-state index is 0.00436. The van der Waals surface area contributed by atoms with Crippen molar-refractivity contribution < 1.29 is 9.53 Å². The third-order valence-corrected chi connectivity index (χ3v) is 4.00. The van der Waals surface area contributed by atoms with Crippen molar-refractivity contribution in [3.05, 3.63) is 53.7 Å². The summed E-state index contributed by atoms with van der Waals surface area (Å²) in [6, 6.07) is 12.9. The number of carbonyl (C=O) groups is 1. The van der Waals surface area contributed by atoms with Gasteiger partial charge in [0.1, 0.15) is 0 Å². The molecule has 0 unspecified atom stereocenters. The Morgan fingerprint density at radius 2 is 2.00 bits per heavy atom. The van der Waals surface area contributed by atoms with Gasteiger partial charge in [-0.15, -0.1) is 0 Å². The molecule has 5 heteroatoms. The molecule has 2 atom stereocenters. The van der Waals surface area contributed by atoms with Crippen LogP contribution in [0.1, 0.15) is 29.8 Å². The van der Waals surface area contributed by atoms with Gasteiger partial charge in [0.25, 0.3) is 5.91 Å². The average molecular weight is 321 g/mol. The summed E-state index contributed by atoms with van der Waals surface area (Å²) in [7, 11) is 0. The zero-order valence-corrected chi connectivity index (χ0v) is 13.8. The van der Waals surface area contributed by atoms with Gasteiger partial charge in [0.2, 0.25) is 0 Å². The number of aromatic nitrogens is 1. The molecule has 122 valence electrons. The maximum Gasteiger partial charge on any atom is 0.254 e. The lowest BCUT2D eigenvalue weighted by Crippen LogP contribution is -2.48. The van der Waals surface area contributed by atoms with Crippen LogP contribution in [0.4, 0.5) is 0 Å². The molecular formula is C19H19N3O2. The number of amides is 1. The van der Waals surface area contributed by atoms with Crippen molar-refractivity contribution in [1.82, 2.24) is 9.88 Å². The molecule has 1 saturated heterocycles. The molecule has 0 spiro atoms. The van der Waals surface area contributed by atoms with Gasteiger partial charge >= 0.3 is 0 Å². The Morgan fingerprint density at radius 1 is 1.25 bits per heavy atom. The highest BCUT2D eigenvalue weighted by atomic mass is 16.5. The highest BCUT2D eigenvalue weighted by Gasteiger charge is 2.26. The van der Waals surface area contributed by atoms with Crippen LogP contribution in [-0.2, 0) is 4.74 Å². The quantitative estimate of drug-likeness (QED) is 0.853. The SMILES string of the molecule is C[C@@H]1CN(C(=O)c2cccc(-c3cc(C#N)ccn3)c2)C[C@H](C)O1. The minimum atomic E-state index is -0.00436. The topological polar surface area (TPSA) is 66.2 Å². The first-order valence-electron chi connectivity index (χ1n) is 7.98. The lowest BCUT2D eigenvalue weighted by atomic mass is 10.0. The average Bonchev–Trinajstić information content (AvgIpc) is 2.60. The summed E-state index contributed by atoms with van der Waals surface area (Å²) in [5.74, 6) is -0.00436. The van der Waals surface area contributed by atoms with Crippen LogP contribution >= 0.6 is 0 Å². The van der Waals surface area contributed by atoms with Crippen molar-refractivity contribution in [3.8, 4) is 17.3 Å². The molecule has 1 aliphatic heterocycles. The maximum atomic E-state index is 12.8. The summed E-state index contributed by atoms with van der Waals surface area (Å²) in [6.45, 7) is 5.14. The van der Waals surface area contributed by atoms with Crippen LogP contribution in [-0.4, -0.2) is 41.1 Å². The van der Waals surface area contributed by atoms with Crippen molar-refractivity contribution >= 4 is 5.91 Å². The number of benzene rings is 1. The van der Waals surface area contributed by atoms with Gasteiger partial charge in [-0.3, -0.25) is 9.78 Å². The standard InChI is InChI=1S/C19H19N3O2/c1-13-11-22(12-14(2)24-13)19(23)17-5-3-4-16(9-17)18-8-15(10-20)6-7-21-18/h3-9,13-14H,11-12H2,1-2H3/t13-,14+. The molecular weight excluding hydrogens is 302 g/mol. The number of nitriles is 1. The predicted molar refractivity (Wildman–Crippen MR) is 90.3 cm³/mol. The van der Waals surface area contributed by atoms with Gasteiger partial charge in [0.15, 0.2) is 0 Å². The number of ether oxygens (including phenoxy) is 1. The maximum absolute atomic E-state index is 12.8. The number of hydrogen-bond donors (Lipinski definition) is 0. The van der Waals surface area contributed by atoms with E-state index in [1.807, 2.05) is 43.0 Å². The third kappa shape index (κ3) is 3.44. The van der Waals surface area contributed by atoms with Crippen LogP contribution in [0.25, 0.3) is 11.3 Å². The van der Waals surface area contributed by atoms with E-state index in [2.05, 4.69) is 11.1 Å². The molecule has 0 saturated carbocycles. The molecule has 5 nitrogen and oxygen atoms in total. The van der Waals surface area contributed by atoms with Crippen LogP contribution in [0.5, 0.6) is 0 Å². The molecule has 2 aromatic rings. The third-order valence-electron chi connectivity index (χ3n) is 4.00. The molecule has 0 N–H and O–H groups in total. The van der Waals surface area contributed by atoms with Gasteiger partial charge in [0, 0.05) is 30.4 Å². The molecule has 2 heterocycles. The molecule has 0 bridgehead atoms. The zero-order chi connectivity index (χ0) is 17.1. The molecule has 1 aliphatic rings. The number of pyridine rings is 1. The molecule has 0 radical (unpaired) electrons. The van der Waals surface area contributed by atoms with Crippen LogP contribution in [0.3, 0.4) is 0 Å². The summed E-state index contributed by atoms with van der Waals surface area (Å²) in [5, 5.41) is 9.02. The zero-order valence-electron chi connectivity index (χ0n) is 13.8. The van der Waals surface area contributed by atoms with E-state index in [1.54, 1.807) is 18.3 Å². The molecule has 1 aromatic heterocycles. The Balaban J connectivity index is 1.87. The minimum Gasteiger partial charge on any atom is -0.372 e. The monoisotopic (exact) mass is 321 g/mol. The smallest absolute Gasteiger partial charge is 0.254 e. The van der Waals surface area contributed by atoms with Crippen molar-refractivity contribution in [2.75, 3.05) is 13.1 Å². The van der Waals surface area contributed by atoms with E-state index in [9.17, 15) is 4.79 Å². The van der Waals surface area contributed by atoms with Crippen LogP contribution in [0.15, 0.2) is 42.6 Å². The fraction of sp³-hybridized carbons (Fsp3) is 0.316. The van der Waals surface area contributed by atoms with E-state index in [0.29, 0.717) is 29.9 Å². The lowest BCUT2D eigenvalue weighted by Gasteiger charge is -2.35. The largest absolute Gasteiger partial charge is 0.372 e. The fourth-order valence-electron chi connectivity index (χ4n) is 3.00. The van der Waals surface area contributed by atoms with E-state index in [-0.39, 0.29) is 18.1 Å². The van der Waals surface area contributed by atoms with Crippen molar-refractivity contribution in [3.63, 3.8) is 0 Å². The second-order valence-electron chi connectivity index (χ2n) is 6.09. The molecule has 24 heavy (non-hydrogen) atoms. The van der Waals surface area contributed by atoms with Gasteiger partial charge in [-0.05, 0) is 38.1 Å². The molecule has 3 rings (SSSR count). The highest BCUT2D eigenvalue weighted by molar-refractivity contribution is 5.95. The van der Waals surface area contributed by atoms with Gasteiger partial charge in [0.05, 0.1) is 29.5 Å². The molecule has 0 aliphatic carbocycles. The number of carbonyl (C=O) groups excluding carboxylic acids is 1. The Bertz CT molecular complexity index is 787. The van der Waals surface area contributed by atoms with Crippen LogP contribution in [0.2, 0.25) is 0 Å². The lowest BCUT2D eigenvalue weighted by molar-refractivity contribution is -0.0586. The van der Waals surface area contributed by atoms with E-state index in [4.69, 9.17) is 10.00 Å². The predicted octanol–water partition coefficient (Wildman–Crippen LogP) is 2.87. The Kier molecular flexibility index (Phi) is 4.59. The number of nitrogens with zero attached hydrogens (tertiary/aromatic N) is 3. The van der Waals surface area contributed by atoms with Gasteiger partial charge < -0.3 is 9.64 Å². The Hall–Kier alpha value is -2.71. The van der Waals surface area contributed by atoms with Gasteiger partial charge in [-0.1, -0.05) is 12.1 Å². The summed E-state index contributed by atoms with van der Waals surface area (Å²) in [6.07, 6.45) is 1.68. The first kappa shape index (κ1) is 16.2. The fourth-order valence-corrected chi connectivity index (χ4v) is 3.00. The molecule has 1 fully saturated rings. The summed E-state index contributed by atoms with van der Waals surface area (Å²) in [5.41, 5.74) is 2.69. The van der Waals surface area contributed by atoms with E-state index < -0.39 is 0 Å². The number of morpholine rings is 1. The molecule has 1 amide bonds. The summed E-state index contributed by atoms with van der Waals surface area (Å²) < 4.78 is 5.69. The first-order chi connectivity index (χ1) is 11.6. The highest BCUT2D eigenvalue weighted by Crippen LogP contribution is 2.21. The van der Waals surface area contributed by atoms with E-state index >= 15 is 0 Å². The first-order valence-corrected chi connectivity index (χ1v) is 7.98. The van der Waals surface area contributed by atoms with Crippen LogP contribution < -0.4 is 0 Å². The van der Waals surface area contributed by atoms with Crippen molar-refractivity contribution in [2.45, 2.75) is 26.1 Å². The second-order valence-corrected chi connectivity index (χ2v) is 6.09. The Morgan fingerprint density at radius 3 is 2.71 bits per heavy atom. The van der Waals surface area contributed by atoms with Crippen molar-refractivity contribution in [2.24, 2.45) is 0 Å². The Labute approximate surface area is 141 Å². The van der Waals surface area contributed by atoms with E-state index in [0.717, 1.165) is 5.56 Å². The summed E-state index contributed by atoms with van der Waals surface area (Å²) >= 11 is 0. The number of rotatable bonds is 2. The van der Waals surface area contributed by atoms with Gasteiger partial charge in [-0.25, -0.2) is 0 Å². The van der Waals surface area contributed by atoms with Gasteiger partial charge in [-0.2, -0.15) is 5.26 Å². The van der Waals surface area contributed by atoms with Crippen molar-refractivity contribution in [1.29, 1.82) is 5.26 Å². The second kappa shape index (κ2) is 6.81. The van der Waals surface area contributed by atoms with Crippen LogP contribution in [0, 0.1) is 11.3 Å².